The summed E-state index contributed by atoms with van der Waals surface area (Å²) in [5.74, 6) is 1.92. The van der Waals surface area contributed by atoms with Gasteiger partial charge in [0.25, 0.3) is 0 Å². The van der Waals surface area contributed by atoms with Crippen molar-refractivity contribution >= 4 is 17.7 Å². The topological polar surface area (TPSA) is 32.3 Å². The number of hydrogen-bond donors (Lipinski definition) is 1. The van der Waals surface area contributed by atoms with Gasteiger partial charge in [-0.25, -0.2) is 0 Å². The maximum absolute atomic E-state index is 12.2. The number of nitrogens with zero attached hydrogens (tertiary/aromatic N) is 1. The number of amides is 1. The summed E-state index contributed by atoms with van der Waals surface area (Å²) in [7, 11) is 0. The Morgan fingerprint density at radius 1 is 1.42 bits per heavy atom. The van der Waals surface area contributed by atoms with E-state index in [2.05, 4.69) is 24.1 Å². The van der Waals surface area contributed by atoms with Crippen LogP contribution in [-0.2, 0) is 4.79 Å². The number of hydrogen-bond acceptors (Lipinski definition) is 3. The number of unbranched alkanes of at least 4 members (excludes halogenated alkanes) is 1. The van der Waals surface area contributed by atoms with E-state index in [-0.39, 0.29) is 11.2 Å². The first-order valence-electron chi connectivity index (χ1n) is 7.77. The van der Waals surface area contributed by atoms with Gasteiger partial charge in [0.15, 0.2) is 0 Å². The lowest BCUT2D eigenvalue weighted by Crippen LogP contribution is -2.43. The Bertz CT molecular complexity index is 307. The van der Waals surface area contributed by atoms with Gasteiger partial charge in [0.1, 0.15) is 0 Å². The largest absolute Gasteiger partial charge is 0.351 e. The molecule has 0 radical (unpaired) electrons. The van der Waals surface area contributed by atoms with Gasteiger partial charge in [0.2, 0.25) is 5.91 Å². The van der Waals surface area contributed by atoms with Gasteiger partial charge in [0, 0.05) is 25.2 Å². The second kappa shape index (κ2) is 6.98. The molecule has 1 aliphatic heterocycles. The lowest BCUT2D eigenvalue weighted by molar-refractivity contribution is -0.121. The van der Waals surface area contributed by atoms with E-state index in [1.165, 1.54) is 25.7 Å². The fourth-order valence-corrected chi connectivity index (χ4v) is 3.74. The molecule has 4 heteroatoms. The standard InChI is InChI=1S/C15H28N2OS/c1-4-5-8-19-12(3)15(18)16-14-10-17(9-11(14)2)13-6-7-13/h11-14H,4-10H2,1-3H3,(H,16,18)/t11-,12+,14+/m0/s1. The van der Waals surface area contributed by atoms with Crippen LogP contribution in [0.25, 0.3) is 0 Å². The molecule has 110 valence electrons. The summed E-state index contributed by atoms with van der Waals surface area (Å²) in [5, 5.41) is 3.36. The van der Waals surface area contributed by atoms with Crippen molar-refractivity contribution in [1.29, 1.82) is 0 Å². The van der Waals surface area contributed by atoms with Crippen LogP contribution >= 0.6 is 11.8 Å². The maximum Gasteiger partial charge on any atom is 0.233 e. The van der Waals surface area contributed by atoms with Gasteiger partial charge in [0.05, 0.1) is 5.25 Å². The summed E-state index contributed by atoms with van der Waals surface area (Å²) in [6.45, 7) is 8.71. The van der Waals surface area contributed by atoms with Gasteiger partial charge < -0.3 is 5.32 Å². The number of rotatable bonds is 7. The number of carbonyl (C=O) groups excluding carboxylic acids is 1. The molecule has 0 spiro atoms. The van der Waals surface area contributed by atoms with E-state index < -0.39 is 0 Å². The Kier molecular flexibility index (Phi) is 5.58. The van der Waals surface area contributed by atoms with E-state index in [1.54, 1.807) is 11.8 Å². The van der Waals surface area contributed by atoms with Crippen LogP contribution in [0.4, 0.5) is 0 Å². The molecule has 3 atom stereocenters. The Balaban J connectivity index is 1.72. The molecule has 19 heavy (non-hydrogen) atoms. The minimum atomic E-state index is 0.0914. The average Bonchev–Trinajstić information content (AvgIpc) is 3.16. The molecule has 0 aromatic carbocycles. The Labute approximate surface area is 121 Å². The normalized spacial score (nSPS) is 29.4. The summed E-state index contributed by atoms with van der Waals surface area (Å²) in [4.78, 5) is 14.7. The second-order valence-electron chi connectivity index (χ2n) is 6.14. The Hall–Kier alpha value is -0.220. The monoisotopic (exact) mass is 284 g/mol. The number of carbonyl (C=O) groups is 1. The number of nitrogens with one attached hydrogen (secondary N) is 1. The molecule has 0 bridgehead atoms. The summed E-state index contributed by atoms with van der Waals surface area (Å²) in [5.41, 5.74) is 0. The van der Waals surface area contributed by atoms with Crippen molar-refractivity contribution in [3.8, 4) is 0 Å². The summed E-state index contributed by atoms with van der Waals surface area (Å²) in [6, 6.07) is 1.18. The lowest BCUT2D eigenvalue weighted by atomic mass is 10.1. The zero-order valence-corrected chi connectivity index (χ0v) is 13.3. The van der Waals surface area contributed by atoms with Crippen molar-refractivity contribution in [3.63, 3.8) is 0 Å². The van der Waals surface area contributed by atoms with Crippen molar-refractivity contribution in [2.45, 2.75) is 63.8 Å². The highest BCUT2D eigenvalue weighted by molar-refractivity contribution is 8.00. The first kappa shape index (κ1) is 15.2. The maximum atomic E-state index is 12.2. The van der Waals surface area contributed by atoms with Gasteiger partial charge in [-0.3, -0.25) is 9.69 Å². The van der Waals surface area contributed by atoms with Crippen molar-refractivity contribution in [3.05, 3.63) is 0 Å². The quantitative estimate of drug-likeness (QED) is 0.729. The van der Waals surface area contributed by atoms with Crippen molar-refractivity contribution < 1.29 is 4.79 Å². The van der Waals surface area contributed by atoms with Gasteiger partial charge in [-0.05, 0) is 37.9 Å². The minimum Gasteiger partial charge on any atom is -0.351 e. The van der Waals surface area contributed by atoms with Crippen LogP contribution in [-0.4, -0.2) is 47.0 Å². The van der Waals surface area contributed by atoms with E-state index >= 15 is 0 Å². The molecule has 0 unspecified atom stereocenters. The van der Waals surface area contributed by atoms with E-state index in [0.717, 1.165) is 24.9 Å². The molecule has 2 rings (SSSR count). The van der Waals surface area contributed by atoms with Crippen LogP contribution < -0.4 is 5.32 Å². The Morgan fingerprint density at radius 3 is 2.79 bits per heavy atom. The SMILES string of the molecule is CCCCS[C@H](C)C(=O)N[C@@H]1CN(C2CC2)C[C@@H]1C. The van der Waals surface area contributed by atoms with Crippen molar-refractivity contribution in [2.24, 2.45) is 5.92 Å². The zero-order chi connectivity index (χ0) is 13.8. The molecular formula is C15H28N2OS. The van der Waals surface area contributed by atoms with E-state index in [4.69, 9.17) is 0 Å². The minimum absolute atomic E-state index is 0.0914. The van der Waals surface area contributed by atoms with Crippen LogP contribution in [0, 0.1) is 5.92 Å². The number of thioether (sulfide) groups is 1. The molecule has 1 heterocycles. The second-order valence-corrected chi connectivity index (χ2v) is 7.59. The highest BCUT2D eigenvalue weighted by Gasteiger charge is 2.38. The Morgan fingerprint density at radius 2 is 2.16 bits per heavy atom. The van der Waals surface area contributed by atoms with E-state index in [9.17, 15) is 4.79 Å². The molecular weight excluding hydrogens is 256 g/mol. The third kappa shape index (κ3) is 4.38. The van der Waals surface area contributed by atoms with Crippen LogP contribution in [0.1, 0.15) is 46.5 Å². The predicted octanol–water partition coefficient (Wildman–Crippen LogP) is 2.51. The van der Waals surface area contributed by atoms with Gasteiger partial charge in [-0.1, -0.05) is 20.3 Å². The fraction of sp³-hybridized carbons (Fsp3) is 0.933. The van der Waals surface area contributed by atoms with Gasteiger partial charge in [-0.2, -0.15) is 0 Å². The smallest absolute Gasteiger partial charge is 0.233 e. The fourth-order valence-electron chi connectivity index (χ4n) is 2.71. The predicted molar refractivity (Wildman–Crippen MR) is 82.5 cm³/mol. The van der Waals surface area contributed by atoms with E-state index in [1.807, 2.05) is 6.92 Å². The molecule has 2 fully saturated rings. The van der Waals surface area contributed by atoms with Crippen LogP contribution in [0.2, 0.25) is 0 Å². The molecule has 2 aliphatic rings. The summed E-state index contributed by atoms with van der Waals surface area (Å²) in [6.07, 6.45) is 5.13. The summed E-state index contributed by atoms with van der Waals surface area (Å²) < 4.78 is 0. The van der Waals surface area contributed by atoms with Crippen LogP contribution in [0.5, 0.6) is 0 Å². The lowest BCUT2D eigenvalue weighted by Gasteiger charge is -2.19. The van der Waals surface area contributed by atoms with E-state index in [0.29, 0.717) is 12.0 Å². The first-order valence-corrected chi connectivity index (χ1v) is 8.82. The van der Waals surface area contributed by atoms with Gasteiger partial charge in [-0.15, -0.1) is 11.8 Å². The highest BCUT2D eigenvalue weighted by atomic mass is 32.2. The highest BCUT2D eigenvalue weighted by Crippen LogP contribution is 2.31. The molecule has 0 aromatic rings. The molecule has 1 saturated carbocycles. The molecule has 1 amide bonds. The average molecular weight is 284 g/mol. The first-order chi connectivity index (χ1) is 9.11. The third-order valence-electron chi connectivity index (χ3n) is 4.27. The van der Waals surface area contributed by atoms with Gasteiger partial charge >= 0.3 is 0 Å². The zero-order valence-electron chi connectivity index (χ0n) is 12.5. The number of likely N-dealkylation sites (tertiary alicyclic amines) is 1. The molecule has 1 N–H and O–H groups in total. The molecule has 1 saturated heterocycles. The third-order valence-corrected chi connectivity index (χ3v) is 5.50. The molecule has 1 aliphatic carbocycles. The van der Waals surface area contributed by atoms with Crippen LogP contribution in [0.15, 0.2) is 0 Å². The molecule has 0 aromatic heterocycles. The van der Waals surface area contributed by atoms with Crippen LogP contribution in [0.3, 0.4) is 0 Å². The molecule has 3 nitrogen and oxygen atoms in total. The summed E-state index contributed by atoms with van der Waals surface area (Å²) >= 11 is 1.79. The van der Waals surface area contributed by atoms with Crippen molar-refractivity contribution in [1.82, 2.24) is 10.2 Å². The van der Waals surface area contributed by atoms with Crippen molar-refractivity contribution in [2.75, 3.05) is 18.8 Å².